The van der Waals surface area contributed by atoms with Gasteiger partial charge in [-0.25, -0.2) is 14.4 Å². The van der Waals surface area contributed by atoms with Crippen molar-refractivity contribution in [2.75, 3.05) is 18.4 Å². The van der Waals surface area contributed by atoms with Crippen LogP contribution in [0.1, 0.15) is 38.5 Å². The molecule has 2 fully saturated rings. The molecule has 6 nitrogen and oxygen atoms in total. The number of fused-ring (bicyclic) bond motifs is 1. The Kier molecular flexibility index (Phi) is 5.68. The molecule has 5 rings (SSSR count). The van der Waals surface area contributed by atoms with Gasteiger partial charge in [0.2, 0.25) is 0 Å². The zero-order valence-corrected chi connectivity index (χ0v) is 17.5. The monoisotopic (exact) mass is 421 g/mol. The zero-order chi connectivity index (χ0) is 21.2. The Morgan fingerprint density at radius 3 is 2.52 bits per heavy atom. The highest BCUT2D eigenvalue weighted by Crippen LogP contribution is 2.31. The molecule has 0 spiro atoms. The van der Waals surface area contributed by atoms with Gasteiger partial charge in [-0.3, -0.25) is 4.98 Å². The molecule has 3 heterocycles. The number of anilines is 1. The maximum atomic E-state index is 13.4. The predicted octanol–water partition coefficient (Wildman–Crippen LogP) is 4.55. The summed E-state index contributed by atoms with van der Waals surface area (Å²) in [6.45, 7) is 1.79. The summed E-state index contributed by atoms with van der Waals surface area (Å²) in [6, 6.07) is 8.68. The number of likely N-dealkylation sites (tertiary alicyclic amines) is 1. The quantitative estimate of drug-likeness (QED) is 0.644. The predicted molar refractivity (Wildman–Crippen MR) is 120 cm³/mol. The van der Waals surface area contributed by atoms with Crippen LogP contribution in [0.5, 0.6) is 5.75 Å². The van der Waals surface area contributed by atoms with E-state index in [4.69, 9.17) is 0 Å². The number of rotatable bonds is 4. The number of nitrogens with zero attached hydrogens (tertiary/aromatic N) is 4. The first-order valence-corrected chi connectivity index (χ1v) is 11.2. The minimum atomic E-state index is -0.610. The molecule has 0 amide bonds. The number of aromatic hydroxyl groups is 1. The largest absolute Gasteiger partial charge is 0.506 e. The Hall–Kier alpha value is -2.80. The van der Waals surface area contributed by atoms with Gasteiger partial charge in [0, 0.05) is 42.3 Å². The highest BCUT2D eigenvalue weighted by atomic mass is 19.1. The first-order valence-electron chi connectivity index (χ1n) is 11.2. The molecule has 2 aromatic heterocycles. The Morgan fingerprint density at radius 1 is 0.935 bits per heavy atom. The van der Waals surface area contributed by atoms with Gasteiger partial charge in [-0.05, 0) is 62.3 Å². The molecule has 0 radical (unpaired) electrons. The van der Waals surface area contributed by atoms with Crippen LogP contribution in [0.3, 0.4) is 0 Å². The minimum absolute atomic E-state index is 0.146. The van der Waals surface area contributed by atoms with Gasteiger partial charge in [-0.1, -0.05) is 6.07 Å². The first kappa shape index (κ1) is 20.1. The Balaban J connectivity index is 1.30. The molecule has 0 unspecified atom stereocenters. The van der Waals surface area contributed by atoms with Crippen molar-refractivity contribution in [3.05, 3.63) is 43.0 Å². The molecule has 1 aliphatic carbocycles. The summed E-state index contributed by atoms with van der Waals surface area (Å²) < 4.78 is 13.4. The third-order valence-electron chi connectivity index (χ3n) is 6.71. The summed E-state index contributed by atoms with van der Waals surface area (Å²) in [6.07, 6.45) is 9.97. The van der Waals surface area contributed by atoms with Crippen LogP contribution in [-0.4, -0.2) is 56.3 Å². The van der Waals surface area contributed by atoms with E-state index in [1.54, 1.807) is 18.6 Å². The molecule has 0 atom stereocenters. The van der Waals surface area contributed by atoms with Crippen LogP contribution >= 0.6 is 0 Å². The normalized spacial score (nSPS) is 23.1. The molecular weight excluding hydrogens is 393 g/mol. The fourth-order valence-corrected chi connectivity index (χ4v) is 4.95. The van der Waals surface area contributed by atoms with E-state index in [2.05, 4.69) is 31.2 Å². The smallest absolute Gasteiger partial charge is 0.137 e. The second-order valence-corrected chi connectivity index (χ2v) is 8.75. The molecule has 2 N–H and O–H groups in total. The first-order chi connectivity index (χ1) is 15.2. The highest BCUT2D eigenvalue weighted by molar-refractivity contribution is 5.92. The van der Waals surface area contributed by atoms with Gasteiger partial charge in [-0.2, -0.15) is 0 Å². The van der Waals surface area contributed by atoms with Crippen LogP contribution in [0, 0.1) is 0 Å². The number of alkyl halides is 1. The van der Waals surface area contributed by atoms with Crippen LogP contribution in [0.25, 0.3) is 22.0 Å². The molecular formula is C24H28FN5O. The lowest BCUT2D eigenvalue weighted by Gasteiger charge is -2.39. The van der Waals surface area contributed by atoms with E-state index in [1.807, 2.05) is 12.1 Å². The van der Waals surface area contributed by atoms with E-state index < -0.39 is 6.17 Å². The number of nitrogens with one attached hydrogen (secondary N) is 1. The Bertz CT molecular complexity index is 1050. The number of halogens is 1. The molecule has 7 heteroatoms. The fraction of sp³-hybridized carbons (Fsp3) is 0.458. The molecule has 31 heavy (non-hydrogen) atoms. The topological polar surface area (TPSA) is 74.2 Å². The maximum absolute atomic E-state index is 13.4. The van der Waals surface area contributed by atoms with Gasteiger partial charge < -0.3 is 15.3 Å². The van der Waals surface area contributed by atoms with Crippen molar-refractivity contribution in [1.29, 1.82) is 0 Å². The van der Waals surface area contributed by atoms with Crippen molar-refractivity contribution < 1.29 is 9.50 Å². The molecule has 3 aromatic rings. The molecule has 1 saturated heterocycles. The number of aromatic nitrogens is 3. The summed E-state index contributed by atoms with van der Waals surface area (Å²) in [5, 5.41) is 14.4. The summed E-state index contributed by atoms with van der Waals surface area (Å²) in [7, 11) is 0. The number of hydrogen-bond acceptors (Lipinski definition) is 6. The van der Waals surface area contributed by atoms with E-state index >= 15 is 0 Å². The van der Waals surface area contributed by atoms with Crippen LogP contribution < -0.4 is 5.32 Å². The van der Waals surface area contributed by atoms with Crippen molar-refractivity contribution in [2.45, 2.75) is 56.8 Å². The summed E-state index contributed by atoms with van der Waals surface area (Å²) in [4.78, 5) is 15.5. The number of benzene rings is 1. The number of pyridine rings is 1. The van der Waals surface area contributed by atoms with Crippen LogP contribution in [0.2, 0.25) is 0 Å². The van der Waals surface area contributed by atoms with Crippen LogP contribution in [0.15, 0.2) is 43.0 Å². The second kappa shape index (κ2) is 8.75. The van der Waals surface area contributed by atoms with E-state index in [-0.39, 0.29) is 5.75 Å². The summed E-state index contributed by atoms with van der Waals surface area (Å²) in [5.41, 5.74) is 2.71. The van der Waals surface area contributed by atoms with E-state index in [0.717, 1.165) is 66.6 Å². The molecule has 1 saturated carbocycles. The van der Waals surface area contributed by atoms with Gasteiger partial charge in [0.15, 0.2) is 0 Å². The van der Waals surface area contributed by atoms with Crippen molar-refractivity contribution in [3.8, 4) is 16.9 Å². The SMILES string of the molecule is Oc1cncc(-c2ccc3ncnc(NC4CCC(N5CCC(F)CC5)CC4)c3c2)c1. The van der Waals surface area contributed by atoms with Crippen molar-refractivity contribution in [3.63, 3.8) is 0 Å². The lowest BCUT2D eigenvalue weighted by Crippen LogP contribution is -2.45. The van der Waals surface area contributed by atoms with Crippen LogP contribution in [-0.2, 0) is 0 Å². The standard InChI is InChI=1S/C24H28FN5O/c25-18-7-9-30(10-8-18)20-4-2-19(3-5-20)29-24-22-12-16(1-6-23(22)27-15-28-24)17-11-21(31)14-26-13-17/h1,6,11-15,18-20,31H,2-5,7-10H2,(H,27,28,29). The van der Waals surface area contributed by atoms with Crippen molar-refractivity contribution in [2.24, 2.45) is 0 Å². The fourth-order valence-electron chi connectivity index (χ4n) is 4.95. The maximum Gasteiger partial charge on any atom is 0.137 e. The average Bonchev–Trinajstić information content (AvgIpc) is 2.80. The molecule has 0 bridgehead atoms. The van der Waals surface area contributed by atoms with Gasteiger partial charge in [0.1, 0.15) is 24.1 Å². The number of piperidine rings is 1. The molecule has 1 aliphatic heterocycles. The highest BCUT2D eigenvalue weighted by Gasteiger charge is 2.29. The summed E-state index contributed by atoms with van der Waals surface area (Å²) in [5.74, 6) is 0.995. The van der Waals surface area contributed by atoms with E-state index in [0.29, 0.717) is 24.9 Å². The number of hydrogen-bond donors (Lipinski definition) is 2. The third kappa shape index (κ3) is 4.46. The van der Waals surface area contributed by atoms with Crippen molar-refractivity contribution >= 4 is 16.7 Å². The third-order valence-corrected chi connectivity index (χ3v) is 6.71. The van der Waals surface area contributed by atoms with Gasteiger partial charge in [-0.15, -0.1) is 0 Å². The van der Waals surface area contributed by atoms with Gasteiger partial charge >= 0.3 is 0 Å². The lowest BCUT2D eigenvalue weighted by molar-refractivity contribution is 0.0895. The lowest BCUT2D eigenvalue weighted by atomic mass is 9.89. The van der Waals surface area contributed by atoms with E-state index in [1.165, 1.54) is 6.20 Å². The second-order valence-electron chi connectivity index (χ2n) is 8.75. The minimum Gasteiger partial charge on any atom is -0.506 e. The summed E-state index contributed by atoms with van der Waals surface area (Å²) >= 11 is 0. The molecule has 162 valence electrons. The van der Waals surface area contributed by atoms with Gasteiger partial charge in [0.05, 0.1) is 11.7 Å². The van der Waals surface area contributed by atoms with E-state index in [9.17, 15) is 9.50 Å². The molecule has 2 aliphatic rings. The molecule has 1 aromatic carbocycles. The zero-order valence-electron chi connectivity index (χ0n) is 17.5. The Labute approximate surface area is 181 Å². The van der Waals surface area contributed by atoms with Crippen molar-refractivity contribution in [1.82, 2.24) is 19.9 Å². The Morgan fingerprint density at radius 2 is 1.74 bits per heavy atom. The van der Waals surface area contributed by atoms with Crippen LogP contribution in [0.4, 0.5) is 10.2 Å². The average molecular weight is 422 g/mol. The van der Waals surface area contributed by atoms with Gasteiger partial charge in [0.25, 0.3) is 0 Å².